The fourth-order valence-corrected chi connectivity index (χ4v) is 4.16. The molecule has 2 fully saturated rings. The first-order valence-electron chi connectivity index (χ1n) is 8.29. The van der Waals surface area contributed by atoms with Gasteiger partial charge < -0.3 is 15.7 Å². The second-order valence-electron chi connectivity index (χ2n) is 6.95. The molecule has 0 spiro atoms. The number of rotatable bonds is 3. The second kappa shape index (κ2) is 6.32. The number of amides is 2. The van der Waals surface area contributed by atoms with Crippen molar-refractivity contribution in [3.63, 3.8) is 0 Å². The molecule has 0 aliphatic heterocycles. The molecule has 3 rings (SSSR count). The molecule has 1 aromatic carbocycles. The largest absolute Gasteiger partial charge is 0.396 e. The fraction of sp³-hybridized carbons (Fsp3) is 0.556. The standard InChI is InChI=1S/C18H24N2O3/c1-10-3-4-11(2)15(7-10)19-17(22)18(23)20-16-13-6-5-12(8-13)14(16)9-21/h3-4,7,12-14,16,21H,5-6,8-9H2,1-2H3,(H,19,22)(H,20,23)/t12-,13-,14-,16-/m0/s1. The van der Waals surface area contributed by atoms with Gasteiger partial charge in [0.1, 0.15) is 0 Å². The molecule has 2 aliphatic rings. The number of carbonyl (C=O) groups excluding carboxylic acids is 2. The number of anilines is 1. The highest BCUT2D eigenvalue weighted by atomic mass is 16.3. The maximum absolute atomic E-state index is 12.2. The van der Waals surface area contributed by atoms with Gasteiger partial charge in [0.2, 0.25) is 0 Å². The van der Waals surface area contributed by atoms with Crippen LogP contribution in [0.5, 0.6) is 0 Å². The van der Waals surface area contributed by atoms with Crippen molar-refractivity contribution in [2.24, 2.45) is 17.8 Å². The van der Waals surface area contributed by atoms with E-state index in [4.69, 9.17) is 0 Å². The zero-order chi connectivity index (χ0) is 16.6. The van der Waals surface area contributed by atoms with Crippen molar-refractivity contribution in [1.29, 1.82) is 0 Å². The highest BCUT2D eigenvalue weighted by Gasteiger charge is 2.48. The maximum atomic E-state index is 12.2. The third-order valence-corrected chi connectivity index (χ3v) is 5.44. The van der Waals surface area contributed by atoms with Crippen molar-refractivity contribution in [1.82, 2.24) is 5.32 Å². The highest BCUT2D eigenvalue weighted by molar-refractivity contribution is 6.39. The Morgan fingerprint density at radius 3 is 2.65 bits per heavy atom. The predicted octanol–water partition coefficient (Wildman–Crippen LogP) is 1.77. The summed E-state index contributed by atoms with van der Waals surface area (Å²) in [4.78, 5) is 24.4. The van der Waals surface area contributed by atoms with E-state index in [9.17, 15) is 14.7 Å². The number of fused-ring (bicyclic) bond motifs is 2. The summed E-state index contributed by atoms with van der Waals surface area (Å²) in [6.45, 7) is 3.91. The molecule has 5 nitrogen and oxygen atoms in total. The van der Waals surface area contributed by atoms with Crippen LogP contribution in [0.4, 0.5) is 5.69 Å². The quantitative estimate of drug-likeness (QED) is 0.744. The average Bonchev–Trinajstić information content (AvgIpc) is 3.11. The predicted molar refractivity (Wildman–Crippen MR) is 87.9 cm³/mol. The molecule has 3 N–H and O–H groups in total. The minimum atomic E-state index is -0.641. The molecule has 4 atom stereocenters. The first-order valence-corrected chi connectivity index (χ1v) is 8.29. The second-order valence-corrected chi connectivity index (χ2v) is 6.95. The van der Waals surface area contributed by atoms with Gasteiger partial charge >= 0.3 is 11.8 Å². The summed E-state index contributed by atoms with van der Waals surface area (Å²) in [5, 5.41) is 15.1. The molecule has 0 unspecified atom stereocenters. The molecule has 124 valence electrons. The van der Waals surface area contributed by atoms with Crippen molar-refractivity contribution in [2.45, 2.75) is 39.2 Å². The average molecular weight is 316 g/mol. The number of aryl methyl sites for hydroxylation is 2. The lowest BCUT2D eigenvalue weighted by molar-refractivity contribution is -0.137. The van der Waals surface area contributed by atoms with E-state index in [-0.39, 0.29) is 18.6 Å². The van der Waals surface area contributed by atoms with Crippen molar-refractivity contribution >= 4 is 17.5 Å². The van der Waals surface area contributed by atoms with Gasteiger partial charge in [-0.15, -0.1) is 0 Å². The van der Waals surface area contributed by atoms with Gasteiger partial charge in [-0.3, -0.25) is 9.59 Å². The molecule has 5 heteroatoms. The van der Waals surface area contributed by atoms with Gasteiger partial charge in [0.15, 0.2) is 0 Å². The number of aliphatic hydroxyl groups excluding tert-OH is 1. The van der Waals surface area contributed by atoms with E-state index < -0.39 is 11.8 Å². The first kappa shape index (κ1) is 16.0. The normalized spacial score (nSPS) is 28.7. The Bertz CT molecular complexity index is 629. The van der Waals surface area contributed by atoms with Gasteiger partial charge in [-0.05, 0) is 62.1 Å². The van der Waals surface area contributed by atoms with Crippen LogP contribution in [-0.2, 0) is 9.59 Å². The molecule has 0 saturated heterocycles. The number of nitrogens with one attached hydrogen (secondary N) is 2. The summed E-state index contributed by atoms with van der Waals surface area (Å²) in [5.74, 6) is -0.279. The number of benzene rings is 1. The van der Waals surface area contributed by atoms with Crippen LogP contribution >= 0.6 is 0 Å². The highest BCUT2D eigenvalue weighted by Crippen LogP contribution is 2.48. The van der Waals surface area contributed by atoms with E-state index in [1.165, 1.54) is 0 Å². The monoisotopic (exact) mass is 316 g/mol. The number of hydrogen-bond donors (Lipinski definition) is 3. The van der Waals surface area contributed by atoms with Crippen LogP contribution in [0.15, 0.2) is 18.2 Å². The van der Waals surface area contributed by atoms with Crippen molar-refractivity contribution in [2.75, 3.05) is 11.9 Å². The number of carbonyl (C=O) groups is 2. The third kappa shape index (κ3) is 3.11. The summed E-state index contributed by atoms with van der Waals surface area (Å²) < 4.78 is 0. The lowest BCUT2D eigenvalue weighted by atomic mass is 9.85. The number of hydrogen-bond acceptors (Lipinski definition) is 3. The molecule has 0 aromatic heterocycles. The molecule has 0 heterocycles. The Labute approximate surface area is 136 Å². The summed E-state index contributed by atoms with van der Waals surface area (Å²) in [7, 11) is 0. The molecule has 2 bridgehead atoms. The van der Waals surface area contributed by atoms with Gasteiger partial charge in [-0.1, -0.05) is 12.1 Å². The van der Waals surface area contributed by atoms with E-state index in [1.807, 2.05) is 32.0 Å². The summed E-state index contributed by atoms with van der Waals surface area (Å²) in [6, 6.07) is 5.66. The Kier molecular flexibility index (Phi) is 4.39. The smallest absolute Gasteiger partial charge is 0.313 e. The summed E-state index contributed by atoms with van der Waals surface area (Å²) in [6.07, 6.45) is 3.25. The van der Waals surface area contributed by atoms with Gasteiger partial charge in [0, 0.05) is 24.3 Å². The van der Waals surface area contributed by atoms with E-state index >= 15 is 0 Å². The zero-order valence-corrected chi connectivity index (χ0v) is 13.6. The molecule has 2 aliphatic carbocycles. The van der Waals surface area contributed by atoms with Crippen LogP contribution in [0.2, 0.25) is 0 Å². The topological polar surface area (TPSA) is 78.4 Å². The van der Waals surface area contributed by atoms with Gasteiger partial charge in [-0.25, -0.2) is 0 Å². The van der Waals surface area contributed by atoms with E-state index in [0.717, 1.165) is 30.4 Å². The van der Waals surface area contributed by atoms with Crippen LogP contribution in [0, 0.1) is 31.6 Å². The Morgan fingerprint density at radius 2 is 1.91 bits per heavy atom. The van der Waals surface area contributed by atoms with Gasteiger partial charge in [-0.2, -0.15) is 0 Å². The maximum Gasteiger partial charge on any atom is 0.313 e. The van der Waals surface area contributed by atoms with Crippen LogP contribution in [0.1, 0.15) is 30.4 Å². The van der Waals surface area contributed by atoms with Gasteiger partial charge in [0.25, 0.3) is 0 Å². The number of aliphatic hydroxyl groups is 1. The Hall–Kier alpha value is -1.88. The van der Waals surface area contributed by atoms with Crippen LogP contribution in [0.3, 0.4) is 0 Å². The van der Waals surface area contributed by atoms with E-state index in [2.05, 4.69) is 10.6 Å². The molecule has 23 heavy (non-hydrogen) atoms. The molecule has 0 radical (unpaired) electrons. The van der Waals surface area contributed by atoms with E-state index in [1.54, 1.807) is 0 Å². The lowest BCUT2D eigenvalue weighted by Gasteiger charge is -2.30. The minimum Gasteiger partial charge on any atom is -0.396 e. The Morgan fingerprint density at radius 1 is 1.17 bits per heavy atom. The fourth-order valence-electron chi connectivity index (χ4n) is 4.16. The molecular weight excluding hydrogens is 292 g/mol. The molecule has 1 aromatic rings. The van der Waals surface area contributed by atoms with Crippen molar-refractivity contribution in [3.8, 4) is 0 Å². The minimum absolute atomic E-state index is 0.0735. The van der Waals surface area contributed by atoms with Crippen molar-refractivity contribution < 1.29 is 14.7 Å². The molecule has 2 saturated carbocycles. The SMILES string of the molecule is Cc1ccc(C)c(NC(=O)C(=O)N[C@H]2[C@H]3CC[C@@H](C3)[C@@H]2CO)c1. The molecular formula is C18H24N2O3. The molecule has 2 amide bonds. The zero-order valence-electron chi connectivity index (χ0n) is 13.6. The summed E-state index contributed by atoms with van der Waals surface area (Å²) >= 11 is 0. The first-order chi connectivity index (χ1) is 11.0. The van der Waals surface area contributed by atoms with Crippen molar-refractivity contribution in [3.05, 3.63) is 29.3 Å². The van der Waals surface area contributed by atoms with Crippen LogP contribution in [-0.4, -0.2) is 29.6 Å². The lowest BCUT2D eigenvalue weighted by Crippen LogP contribution is -2.48. The Balaban J connectivity index is 1.64. The van der Waals surface area contributed by atoms with Crippen LogP contribution in [0.25, 0.3) is 0 Å². The van der Waals surface area contributed by atoms with Crippen LogP contribution < -0.4 is 10.6 Å². The third-order valence-electron chi connectivity index (χ3n) is 5.44. The van der Waals surface area contributed by atoms with Gasteiger partial charge in [0.05, 0.1) is 0 Å². The van der Waals surface area contributed by atoms with E-state index in [0.29, 0.717) is 17.5 Å². The summed E-state index contributed by atoms with van der Waals surface area (Å²) in [5.41, 5.74) is 2.61.